The van der Waals surface area contributed by atoms with Crippen molar-refractivity contribution in [1.82, 2.24) is 4.98 Å². The van der Waals surface area contributed by atoms with Crippen LogP contribution in [0.2, 0.25) is 0 Å². The van der Waals surface area contributed by atoms with Gasteiger partial charge in [-0.15, -0.1) is 11.6 Å². The quantitative estimate of drug-likeness (QED) is 0.862. The fraction of sp³-hybridized carbons (Fsp3) is 0.500. The van der Waals surface area contributed by atoms with Gasteiger partial charge in [-0.1, -0.05) is 0 Å². The van der Waals surface area contributed by atoms with E-state index < -0.39 is 0 Å². The maximum Gasteiger partial charge on any atom is 0.166 e. The summed E-state index contributed by atoms with van der Waals surface area (Å²) in [6, 6.07) is 1.40. The van der Waals surface area contributed by atoms with E-state index in [1.165, 1.54) is 6.07 Å². The first-order chi connectivity index (χ1) is 7.15. The minimum atomic E-state index is -0.347. The van der Waals surface area contributed by atoms with Crippen LogP contribution in [-0.4, -0.2) is 16.4 Å². The van der Waals surface area contributed by atoms with Gasteiger partial charge < -0.3 is 5.32 Å². The van der Waals surface area contributed by atoms with Crippen molar-refractivity contribution >= 4 is 33.3 Å². The Morgan fingerprint density at radius 1 is 1.60 bits per heavy atom. The molecule has 0 saturated heterocycles. The highest BCUT2D eigenvalue weighted by molar-refractivity contribution is 9.10. The van der Waals surface area contributed by atoms with Crippen LogP contribution in [0, 0.1) is 5.82 Å². The van der Waals surface area contributed by atoms with Crippen molar-refractivity contribution in [2.75, 3.05) is 11.2 Å². The van der Waals surface area contributed by atoms with E-state index in [2.05, 4.69) is 26.2 Å². The molecule has 0 unspecified atom stereocenters. The molecular weight excluding hydrogens is 282 g/mol. The number of halogens is 3. The lowest BCUT2D eigenvalue weighted by molar-refractivity contribution is 0.309. The van der Waals surface area contributed by atoms with Crippen molar-refractivity contribution in [3.05, 3.63) is 22.6 Å². The van der Waals surface area contributed by atoms with Crippen LogP contribution in [-0.2, 0) is 0 Å². The van der Waals surface area contributed by atoms with Gasteiger partial charge in [-0.2, -0.15) is 0 Å². The molecule has 82 valence electrons. The predicted octanol–water partition coefficient (Wildman–Crippen LogP) is 3.56. The molecule has 0 spiro atoms. The van der Waals surface area contributed by atoms with E-state index in [0.717, 1.165) is 19.3 Å². The summed E-state index contributed by atoms with van der Waals surface area (Å²) in [5, 5.41) is 3.10. The average Bonchev–Trinajstić information content (AvgIpc) is 2.14. The van der Waals surface area contributed by atoms with Crippen molar-refractivity contribution in [2.24, 2.45) is 0 Å². The van der Waals surface area contributed by atoms with Crippen LogP contribution in [0.3, 0.4) is 0 Å². The van der Waals surface area contributed by atoms with E-state index in [-0.39, 0.29) is 11.4 Å². The molecule has 0 radical (unpaired) electrons. The first kappa shape index (κ1) is 11.1. The fourth-order valence-electron chi connectivity index (χ4n) is 1.65. The Hall–Kier alpha value is -0.350. The topological polar surface area (TPSA) is 24.9 Å². The minimum absolute atomic E-state index is 0.150. The number of nitrogens with zero attached hydrogens (tertiary/aromatic N) is 1. The number of rotatable bonds is 3. The molecule has 1 fully saturated rings. The second-order valence-corrected chi connectivity index (χ2v) is 5.06. The summed E-state index contributed by atoms with van der Waals surface area (Å²) >= 11 is 9.04. The maximum absolute atomic E-state index is 13.5. The molecule has 1 aromatic rings. The van der Waals surface area contributed by atoms with Crippen LogP contribution in [0.1, 0.15) is 19.3 Å². The van der Waals surface area contributed by atoms with Gasteiger partial charge in [0.15, 0.2) is 11.6 Å². The van der Waals surface area contributed by atoms with Crippen molar-refractivity contribution in [2.45, 2.75) is 24.8 Å². The van der Waals surface area contributed by atoms with Crippen LogP contribution < -0.4 is 5.32 Å². The molecule has 0 aromatic carbocycles. The highest BCUT2D eigenvalue weighted by atomic mass is 79.9. The van der Waals surface area contributed by atoms with E-state index >= 15 is 0 Å². The zero-order valence-electron chi connectivity index (χ0n) is 8.06. The minimum Gasteiger partial charge on any atom is -0.361 e. The van der Waals surface area contributed by atoms with Gasteiger partial charge in [0.2, 0.25) is 0 Å². The zero-order valence-corrected chi connectivity index (χ0v) is 10.4. The van der Waals surface area contributed by atoms with Gasteiger partial charge in [0.25, 0.3) is 0 Å². The first-order valence-corrected chi connectivity index (χ1v) is 6.13. The molecule has 1 aliphatic carbocycles. The lowest BCUT2D eigenvalue weighted by Gasteiger charge is -2.41. The molecule has 15 heavy (non-hydrogen) atoms. The molecule has 1 saturated carbocycles. The molecule has 0 bridgehead atoms. The first-order valence-electron chi connectivity index (χ1n) is 4.80. The Morgan fingerprint density at radius 3 is 2.80 bits per heavy atom. The van der Waals surface area contributed by atoms with Gasteiger partial charge in [-0.25, -0.2) is 9.37 Å². The average molecular weight is 294 g/mol. The number of hydrogen-bond donors (Lipinski definition) is 1. The smallest absolute Gasteiger partial charge is 0.166 e. The molecule has 0 amide bonds. The number of aromatic nitrogens is 1. The fourth-order valence-corrected chi connectivity index (χ4v) is 2.29. The van der Waals surface area contributed by atoms with Gasteiger partial charge >= 0.3 is 0 Å². The number of alkyl halides is 1. The SMILES string of the molecule is Fc1cc(Br)cnc1NC1(CCl)CCC1. The second kappa shape index (κ2) is 4.26. The van der Waals surface area contributed by atoms with Crippen molar-refractivity contribution in [3.63, 3.8) is 0 Å². The highest BCUT2D eigenvalue weighted by Gasteiger charge is 2.36. The van der Waals surface area contributed by atoms with E-state index in [1.54, 1.807) is 6.20 Å². The van der Waals surface area contributed by atoms with Crippen LogP contribution in [0.4, 0.5) is 10.2 Å². The predicted molar refractivity (Wildman–Crippen MR) is 62.8 cm³/mol. The summed E-state index contributed by atoms with van der Waals surface area (Å²) in [4.78, 5) is 4.00. The monoisotopic (exact) mass is 292 g/mol. The van der Waals surface area contributed by atoms with E-state index in [9.17, 15) is 4.39 Å². The van der Waals surface area contributed by atoms with E-state index in [0.29, 0.717) is 16.2 Å². The third-order valence-corrected chi connectivity index (χ3v) is 3.70. The molecule has 0 aliphatic heterocycles. The Kier molecular flexibility index (Phi) is 3.16. The highest BCUT2D eigenvalue weighted by Crippen LogP contribution is 2.36. The standard InChI is InChI=1S/C10H11BrClFN2/c11-7-4-8(13)9(14-5-7)15-10(6-12)2-1-3-10/h4-5H,1-3,6H2,(H,14,15). The molecule has 1 aromatic heterocycles. The molecule has 5 heteroatoms. The molecule has 0 atom stereocenters. The third-order valence-electron chi connectivity index (χ3n) is 2.76. The van der Waals surface area contributed by atoms with Crippen LogP contribution >= 0.6 is 27.5 Å². The molecular formula is C10H11BrClFN2. The summed E-state index contributed by atoms with van der Waals surface area (Å²) in [6.07, 6.45) is 4.67. The van der Waals surface area contributed by atoms with Crippen molar-refractivity contribution < 1.29 is 4.39 Å². The Labute approximate surface area is 101 Å². The summed E-state index contributed by atoms with van der Waals surface area (Å²) in [5.74, 6) is 0.434. The number of anilines is 1. The summed E-state index contributed by atoms with van der Waals surface area (Å²) < 4.78 is 14.1. The van der Waals surface area contributed by atoms with Gasteiger partial charge in [0.05, 0.1) is 5.54 Å². The molecule has 2 nitrogen and oxygen atoms in total. The van der Waals surface area contributed by atoms with Crippen LogP contribution in [0.25, 0.3) is 0 Å². The van der Waals surface area contributed by atoms with E-state index in [4.69, 9.17) is 11.6 Å². The second-order valence-electron chi connectivity index (χ2n) is 3.88. The van der Waals surface area contributed by atoms with Gasteiger partial charge in [0, 0.05) is 16.5 Å². The lowest BCUT2D eigenvalue weighted by atomic mass is 9.78. The van der Waals surface area contributed by atoms with Crippen molar-refractivity contribution in [1.29, 1.82) is 0 Å². The Morgan fingerprint density at radius 2 is 2.33 bits per heavy atom. The van der Waals surface area contributed by atoms with Crippen LogP contribution in [0.5, 0.6) is 0 Å². The third kappa shape index (κ3) is 2.26. The largest absolute Gasteiger partial charge is 0.361 e. The maximum atomic E-state index is 13.5. The zero-order chi connectivity index (χ0) is 10.9. The number of pyridine rings is 1. The van der Waals surface area contributed by atoms with E-state index in [1.807, 2.05) is 0 Å². The summed E-state index contributed by atoms with van der Waals surface area (Å²) in [6.45, 7) is 0. The lowest BCUT2D eigenvalue weighted by Crippen LogP contribution is -2.47. The normalized spacial score (nSPS) is 18.3. The van der Waals surface area contributed by atoms with Gasteiger partial charge in [0.1, 0.15) is 0 Å². The summed E-state index contributed by atoms with van der Waals surface area (Å²) in [5.41, 5.74) is -0.150. The van der Waals surface area contributed by atoms with Gasteiger partial charge in [-0.05, 0) is 41.3 Å². The number of hydrogen-bond acceptors (Lipinski definition) is 2. The molecule has 1 N–H and O–H groups in total. The summed E-state index contributed by atoms with van der Waals surface area (Å²) in [7, 11) is 0. The Bertz CT molecular complexity index is 363. The molecule has 2 rings (SSSR count). The molecule has 1 heterocycles. The van der Waals surface area contributed by atoms with Crippen LogP contribution in [0.15, 0.2) is 16.7 Å². The van der Waals surface area contributed by atoms with Gasteiger partial charge in [-0.3, -0.25) is 0 Å². The number of nitrogens with one attached hydrogen (secondary N) is 1. The Balaban J connectivity index is 2.16. The van der Waals surface area contributed by atoms with Crippen molar-refractivity contribution in [3.8, 4) is 0 Å². The molecule has 1 aliphatic rings.